The molecular weight excluding hydrogens is 268 g/mol. The molecule has 0 aromatic heterocycles. The SMILES string of the molecule is COc1ccc(NC2CCCCC2C(C)C)cc1[N+](=O)[O-]. The van der Waals surface area contributed by atoms with E-state index in [4.69, 9.17) is 4.74 Å². The number of methoxy groups -OCH3 is 1. The minimum absolute atomic E-state index is 0.0133. The van der Waals surface area contributed by atoms with Crippen LogP contribution >= 0.6 is 0 Å². The van der Waals surface area contributed by atoms with E-state index in [1.807, 2.05) is 6.07 Å². The molecule has 5 heteroatoms. The lowest BCUT2D eigenvalue weighted by atomic mass is 9.78. The van der Waals surface area contributed by atoms with Gasteiger partial charge < -0.3 is 10.1 Å². The maximum Gasteiger partial charge on any atom is 0.312 e. The number of rotatable bonds is 5. The number of nitro benzene ring substituents is 1. The van der Waals surface area contributed by atoms with Gasteiger partial charge in [0, 0.05) is 17.8 Å². The lowest BCUT2D eigenvalue weighted by Gasteiger charge is -2.35. The average Bonchev–Trinajstić information content (AvgIpc) is 2.47. The van der Waals surface area contributed by atoms with Crippen molar-refractivity contribution >= 4 is 11.4 Å². The molecule has 0 heterocycles. The quantitative estimate of drug-likeness (QED) is 0.651. The topological polar surface area (TPSA) is 64.4 Å². The second-order valence-electron chi connectivity index (χ2n) is 6.09. The standard InChI is InChI=1S/C16H24N2O3/c1-11(2)13-6-4-5-7-14(13)17-12-8-9-16(21-3)15(10-12)18(19)20/h8-11,13-14,17H,4-7H2,1-3H3. The third-order valence-corrected chi connectivity index (χ3v) is 4.40. The number of benzene rings is 1. The maximum absolute atomic E-state index is 11.1. The monoisotopic (exact) mass is 292 g/mol. The molecule has 21 heavy (non-hydrogen) atoms. The van der Waals surface area contributed by atoms with Crippen molar-refractivity contribution in [2.24, 2.45) is 11.8 Å². The smallest absolute Gasteiger partial charge is 0.312 e. The minimum Gasteiger partial charge on any atom is -0.490 e. The average molecular weight is 292 g/mol. The molecule has 1 aromatic carbocycles. The van der Waals surface area contributed by atoms with Crippen LogP contribution in [0.5, 0.6) is 5.75 Å². The Morgan fingerprint density at radius 1 is 1.33 bits per heavy atom. The largest absolute Gasteiger partial charge is 0.490 e. The fourth-order valence-corrected chi connectivity index (χ4v) is 3.27. The molecule has 1 saturated carbocycles. The number of nitrogens with one attached hydrogen (secondary N) is 1. The lowest BCUT2D eigenvalue weighted by molar-refractivity contribution is -0.385. The normalized spacial score (nSPS) is 22.1. The summed E-state index contributed by atoms with van der Waals surface area (Å²) in [5.74, 6) is 1.55. The van der Waals surface area contributed by atoms with E-state index in [1.165, 1.54) is 26.4 Å². The van der Waals surface area contributed by atoms with Gasteiger partial charge in [0.2, 0.25) is 0 Å². The van der Waals surface area contributed by atoms with E-state index in [1.54, 1.807) is 12.1 Å². The number of ether oxygens (including phenoxy) is 1. The number of hydrogen-bond acceptors (Lipinski definition) is 4. The summed E-state index contributed by atoms with van der Waals surface area (Å²) in [6, 6.07) is 5.49. The molecule has 1 aromatic rings. The van der Waals surface area contributed by atoms with Gasteiger partial charge in [-0.15, -0.1) is 0 Å². The van der Waals surface area contributed by atoms with Gasteiger partial charge in [-0.25, -0.2) is 0 Å². The molecule has 0 bridgehead atoms. The molecule has 2 unspecified atom stereocenters. The van der Waals surface area contributed by atoms with Crippen LogP contribution in [-0.2, 0) is 0 Å². The Bertz CT molecular complexity index is 502. The minimum atomic E-state index is -0.398. The number of nitrogens with zero attached hydrogens (tertiary/aromatic N) is 1. The third-order valence-electron chi connectivity index (χ3n) is 4.40. The van der Waals surface area contributed by atoms with E-state index < -0.39 is 4.92 Å². The van der Waals surface area contributed by atoms with Gasteiger partial charge >= 0.3 is 5.69 Å². The third kappa shape index (κ3) is 3.65. The summed E-state index contributed by atoms with van der Waals surface area (Å²) in [6.07, 6.45) is 4.86. The molecule has 1 aliphatic rings. The second kappa shape index (κ2) is 6.78. The molecule has 0 spiro atoms. The number of hydrogen-bond donors (Lipinski definition) is 1. The van der Waals surface area contributed by atoms with Gasteiger partial charge in [-0.05, 0) is 36.8 Å². The van der Waals surface area contributed by atoms with Gasteiger partial charge in [-0.3, -0.25) is 10.1 Å². The second-order valence-corrected chi connectivity index (χ2v) is 6.09. The van der Waals surface area contributed by atoms with E-state index in [9.17, 15) is 10.1 Å². The van der Waals surface area contributed by atoms with Crippen LogP contribution in [0.25, 0.3) is 0 Å². The van der Waals surface area contributed by atoms with E-state index in [0.717, 1.165) is 12.1 Å². The van der Waals surface area contributed by atoms with Crippen molar-refractivity contribution in [1.82, 2.24) is 0 Å². The van der Waals surface area contributed by atoms with Gasteiger partial charge in [-0.2, -0.15) is 0 Å². The fourth-order valence-electron chi connectivity index (χ4n) is 3.27. The molecule has 2 atom stereocenters. The zero-order valence-electron chi connectivity index (χ0n) is 13.0. The van der Waals surface area contributed by atoms with Crippen LogP contribution in [0, 0.1) is 22.0 Å². The predicted molar refractivity (Wildman–Crippen MR) is 83.9 cm³/mol. The highest BCUT2D eigenvalue weighted by Gasteiger charge is 2.28. The van der Waals surface area contributed by atoms with Gasteiger partial charge in [0.1, 0.15) is 0 Å². The maximum atomic E-state index is 11.1. The molecule has 5 nitrogen and oxygen atoms in total. The first-order valence-corrected chi connectivity index (χ1v) is 7.62. The van der Waals surface area contributed by atoms with Crippen molar-refractivity contribution in [3.63, 3.8) is 0 Å². The highest BCUT2D eigenvalue weighted by molar-refractivity contribution is 5.58. The summed E-state index contributed by atoms with van der Waals surface area (Å²) in [5, 5.41) is 14.6. The van der Waals surface area contributed by atoms with Crippen molar-refractivity contribution in [3.05, 3.63) is 28.3 Å². The van der Waals surface area contributed by atoms with E-state index >= 15 is 0 Å². The van der Waals surface area contributed by atoms with Gasteiger partial charge in [0.25, 0.3) is 0 Å². The summed E-state index contributed by atoms with van der Waals surface area (Å²) < 4.78 is 5.04. The van der Waals surface area contributed by atoms with Crippen molar-refractivity contribution < 1.29 is 9.66 Å². The van der Waals surface area contributed by atoms with Crippen LogP contribution in [-0.4, -0.2) is 18.1 Å². The first-order valence-electron chi connectivity index (χ1n) is 7.62. The van der Waals surface area contributed by atoms with Gasteiger partial charge in [0.15, 0.2) is 5.75 Å². The van der Waals surface area contributed by atoms with Crippen molar-refractivity contribution in [1.29, 1.82) is 0 Å². The van der Waals surface area contributed by atoms with Crippen molar-refractivity contribution in [2.45, 2.75) is 45.6 Å². The predicted octanol–water partition coefficient (Wildman–Crippen LogP) is 4.23. The highest BCUT2D eigenvalue weighted by Crippen LogP contribution is 2.34. The van der Waals surface area contributed by atoms with Crippen molar-refractivity contribution in [2.75, 3.05) is 12.4 Å². The zero-order valence-corrected chi connectivity index (χ0v) is 13.0. The molecule has 2 rings (SSSR count). The van der Waals surface area contributed by atoms with Crippen LogP contribution in [0.1, 0.15) is 39.5 Å². The Morgan fingerprint density at radius 3 is 2.67 bits per heavy atom. The van der Waals surface area contributed by atoms with Crippen LogP contribution in [0.4, 0.5) is 11.4 Å². The molecule has 1 N–H and O–H groups in total. The summed E-state index contributed by atoms with van der Waals surface area (Å²) in [4.78, 5) is 10.7. The Kier molecular flexibility index (Phi) is 5.04. The molecule has 0 radical (unpaired) electrons. The van der Waals surface area contributed by atoms with Crippen molar-refractivity contribution in [3.8, 4) is 5.75 Å². The van der Waals surface area contributed by atoms with E-state index in [2.05, 4.69) is 19.2 Å². The lowest BCUT2D eigenvalue weighted by Crippen LogP contribution is -2.35. The molecule has 1 aliphatic carbocycles. The Hall–Kier alpha value is -1.78. The molecule has 116 valence electrons. The zero-order chi connectivity index (χ0) is 15.4. The van der Waals surface area contributed by atoms with E-state index in [0.29, 0.717) is 23.6 Å². The van der Waals surface area contributed by atoms with Gasteiger partial charge in [0.05, 0.1) is 12.0 Å². The van der Waals surface area contributed by atoms with Gasteiger partial charge in [-0.1, -0.05) is 26.7 Å². The fraction of sp³-hybridized carbons (Fsp3) is 0.625. The molecule has 0 saturated heterocycles. The van der Waals surface area contributed by atoms with Crippen LogP contribution in [0.2, 0.25) is 0 Å². The number of nitro groups is 1. The highest BCUT2D eigenvalue weighted by atomic mass is 16.6. The Balaban J connectivity index is 2.18. The first kappa shape index (κ1) is 15.6. The summed E-state index contributed by atoms with van der Waals surface area (Å²) in [6.45, 7) is 4.50. The van der Waals surface area contributed by atoms with E-state index in [-0.39, 0.29) is 5.69 Å². The molecular formula is C16H24N2O3. The van der Waals surface area contributed by atoms with Crippen LogP contribution < -0.4 is 10.1 Å². The molecule has 0 aliphatic heterocycles. The van der Waals surface area contributed by atoms with Crippen LogP contribution in [0.15, 0.2) is 18.2 Å². The number of anilines is 1. The first-order chi connectivity index (χ1) is 10.0. The molecule has 0 amide bonds. The summed E-state index contributed by atoms with van der Waals surface area (Å²) in [7, 11) is 1.45. The molecule has 1 fully saturated rings. The van der Waals surface area contributed by atoms with Crippen LogP contribution in [0.3, 0.4) is 0 Å². The summed E-state index contributed by atoms with van der Waals surface area (Å²) in [5.41, 5.74) is 0.819. The Morgan fingerprint density at radius 2 is 2.05 bits per heavy atom. The Labute approximate surface area is 125 Å². The summed E-state index contributed by atoms with van der Waals surface area (Å²) >= 11 is 0.